The van der Waals surface area contributed by atoms with Gasteiger partial charge in [0.05, 0.1) is 19.8 Å². The summed E-state index contributed by atoms with van der Waals surface area (Å²) in [7, 11) is 0. The Balaban J connectivity index is 1.55. The molecule has 7 nitrogen and oxygen atoms in total. The van der Waals surface area contributed by atoms with Gasteiger partial charge in [0, 0.05) is 19.3 Å². The van der Waals surface area contributed by atoms with Crippen LogP contribution >= 0.6 is 0 Å². The van der Waals surface area contributed by atoms with Crippen LogP contribution < -0.4 is 0 Å². The Hall–Kier alpha value is -1.63. The van der Waals surface area contributed by atoms with Crippen molar-refractivity contribution in [3.63, 3.8) is 0 Å². The van der Waals surface area contributed by atoms with E-state index in [9.17, 15) is 14.4 Å². The molecular weight excluding hydrogens is 771 g/mol. The first-order valence-corrected chi connectivity index (χ1v) is 27.3. The SMILES string of the molecule is CCCCCC(CCCCC)CCC(=O)OCCCC12CC3CC(CCCOC(=O)CCCN(CC)CC)(C1)CC(CCCOC(=O)CCC(CCCCC)CCCCC)(C3)C2. The molecule has 62 heavy (non-hydrogen) atoms. The number of nitrogens with zero attached hydrogens (tertiary/aromatic N) is 1. The summed E-state index contributed by atoms with van der Waals surface area (Å²) in [5, 5.41) is 0. The highest BCUT2D eigenvalue weighted by Gasteiger charge is 2.62. The summed E-state index contributed by atoms with van der Waals surface area (Å²) in [5.74, 6) is 1.98. The van der Waals surface area contributed by atoms with Crippen molar-refractivity contribution >= 4 is 17.9 Å². The highest BCUT2D eigenvalue weighted by molar-refractivity contribution is 5.70. The maximum absolute atomic E-state index is 13.0. The molecular formula is C55H101NO6. The molecule has 2 unspecified atom stereocenters. The average molecular weight is 872 g/mol. The van der Waals surface area contributed by atoms with Gasteiger partial charge in [0.1, 0.15) is 0 Å². The zero-order chi connectivity index (χ0) is 44.9. The Kier molecular flexibility index (Phi) is 27.6. The molecule has 4 saturated carbocycles. The average Bonchev–Trinajstić information content (AvgIpc) is 3.24. The van der Waals surface area contributed by atoms with Gasteiger partial charge in [-0.25, -0.2) is 0 Å². The standard InChI is InChI=1S/C55H101NO6/c1-7-13-17-25-47(26-18-14-8-2)30-32-51(58)61-39-23-35-54-42-49-41-53(44-54,34-22-38-60-50(57)29-21-37-56(11-5)12-6)45-55(43-49,46-54)36-24-40-62-52(59)33-31-48(27-19-15-9-3)28-20-16-10-4/h47-49H,7-46H2,1-6H3. The molecule has 0 radical (unpaired) electrons. The molecule has 4 aliphatic carbocycles. The van der Waals surface area contributed by atoms with E-state index in [0.717, 1.165) is 83.3 Å². The highest BCUT2D eigenvalue weighted by Crippen LogP contribution is 2.73. The van der Waals surface area contributed by atoms with Crippen LogP contribution in [0.1, 0.15) is 260 Å². The fraction of sp³-hybridized carbons (Fsp3) is 0.945. The number of carbonyl (C=O) groups excluding carboxylic acids is 3. The van der Waals surface area contributed by atoms with Crippen molar-refractivity contribution in [2.45, 2.75) is 260 Å². The molecule has 0 aromatic heterocycles. The van der Waals surface area contributed by atoms with Gasteiger partial charge in [-0.15, -0.1) is 0 Å². The van der Waals surface area contributed by atoms with Crippen LogP contribution in [-0.2, 0) is 28.6 Å². The highest BCUT2D eigenvalue weighted by atomic mass is 16.5. The van der Waals surface area contributed by atoms with E-state index in [4.69, 9.17) is 14.2 Å². The van der Waals surface area contributed by atoms with Gasteiger partial charge in [-0.1, -0.05) is 144 Å². The molecule has 0 saturated heterocycles. The second kappa shape index (κ2) is 31.3. The van der Waals surface area contributed by atoms with E-state index in [1.54, 1.807) is 0 Å². The first kappa shape index (κ1) is 54.7. The lowest BCUT2D eigenvalue weighted by atomic mass is 9.37. The third-order valence-electron chi connectivity index (χ3n) is 15.9. The Morgan fingerprint density at radius 3 is 1.11 bits per heavy atom. The van der Waals surface area contributed by atoms with Crippen molar-refractivity contribution in [2.75, 3.05) is 39.5 Å². The second-order valence-corrected chi connectivity index (χ2v) is 21.4. The smallest absolute Gasteiger partial charge is 0.305 e. The third-order valence-corrected chi connectivity index (χ3v) is 15.9. The number of esters is 3. The molecule has 0 heterocycles. The third kappa shape index (κ3) is 21.1. The van der Waals surface area contributed by atoms with E-state index >= 15 is 0 Å². The second-order valence-electron chi connectivity index (χ2n) is 21.4. The monoisotopic (exact) mass is 872 g/mol. The van der Waals surface area contributed by atoms with Crippen LogP contribution in [0.5, 0.6) is 0 Å². The van der Waals surface area contributed by atoms with Crippen LogP contribution in [0.25, 0.3) is 0 Å². The molecule has 362 valence electrons. The van der Waals surface area contributed by atoms with Crippen molar-refractivity contribution in [2.24, 2.45) is 34.0 Å². The Morgan fingerprint density at radius 2 is 0.790 bits per heavy atom. The van der Waals surface area contributed by atoms with Crippen LogP contribution in [0.3, 0.4) is 0 Å². The van der Waals surface area contributed by atoms with Crippen molar-refractivity contribution in [3.8, 4) is 0 Å². The Bertz CT molecular complexity index is 1120. The lowest BCUT2D eigenvalue weighted by Crippen LogP contribution is -2.57. The van der Waals surface area contributed by atoms with E-state index in [1.165, 1.54) is 141 Å². The van der Waals surface area contributed by atoms with E-state index in [0.29, 0.717) is 50.9 Å². The maximum atomic E-state index is 13.0. The number of ether oxygens (including phenoxy) is 3. The topological polar surface area (TPSA) is 82.1 Å². The van der Waals surface area contributed by atoms with Crippen LogP contribution in [0.2, 0.25) is 0 Å². The summed E-state index contributed by atoms with van der Waals surface area (Å²) in [6.45, 7) is 18.0. The normalized spacial score (nSPS) is 22.9. The molecule has 0 amide bonds. The summed E-state index contributed by atoms with van der Waals surface area (Å²) < 4.78 is 17.7. The molecule has 0 spiro atoms. The molecule has 0 aromatic carbocycles. The maximum Gasteiger partial charge on any atom is 0.305 e. The van der Waals surface area contributed by atoms with Gasteiger partial charge in [-0.2, -0.15) is 0 Å². The number of rotatable bonds is 40. The predicted octanol–water partition coefficient (Wildman–Crippen LogP) is 15.1. The van der Waals surface area contributed by atoms with E-state index in [2.05, 4.69) is 46.4 Å². The molecule has 0 aliphatic heterocycles. The zero-order valence-corrected chi connectivity index (χ0v) is 41.9. The van der Waals surface area contributed by atoms with Gasteiger partial charge >= 0.3 is 17.9 Å². The van der Waals surface area contributed by atoms with Gasteiger partial charge in [0.2, 0.25) is 0 Å². The fourth-order valence-electron chi connectivity index (χ4n) is 13.2. The van der Waals surface area contributed by atoms with Crippen LogP contribution in [-0.4, -0.2) is 62.3 Å². The summed E-state index contributed by atoms with van der Waals surface area (Å²) in [6.07, 6.45) is 38.6. The van der Waals surface area contributed by atoms with Gasteiger partial charge in [0.15, 0.2) is 0 Å². The minimum absolute atomic E-state index is 0.0000835. The summed E-state index contributed by atoms with van der Waals surface area (Å²) in [4.78, 5) is 41.1. The van der Waals surface area contributed by atoms with Gasteiger partial charge < -0.3 is 19.1 Å². The van der Waals surface area contributed by atoms with Crippen molar-refractivity contribution < 1.29 is 28.6 Å². The molecule has 0 aromatic rings. The summed E-state index contributed by atoms with van der Waals surface area (Å²) >= 11 is 0. The van der Waals surface area contributed by atoms with E-state index in [1.807, 2.05) is 0 Å². The molecule has 4 rings (SSSR count). The van der Waals surface area contributed by atoms with Crippen LogP contribution in [0.4, 0.5) is 0 Å². The Labute approximate surface area is 383 Å². The quantitative estimate of drug-likeness (QED) is 0.0344. The molecule has 0 N–H and O–H groups in total. The molecule has 2 atom stereocenters. The van der Waals surface area contributed by atoms with Gasteiger partial charge in [-0.05, 0) is 150 Å². The predicted molar refractivity (Wildman–Crippen MR) is 258 cm³/mol. The zero-order valence-electron chi connectivity index (χ0n) is 41.9. The minimum atomic E-state index is -0.0493. The number of hydrogen-bond acceptors (Lipinski definition) is 7. The lowest BCUT2D eigenvalue weighted by molar-refractivity contribution is -0.173. The minimum Gasteiger partial charge on any atom is -0.466 e. The van der Waals surface area contributed by atoms with Crippen molar-refractivity contribution in [1.82, 2.24) is 4.90 Å². The van der Waals surface area contributed by atoms with Crippen molar-refractivity contribution in [3.05, 3.63) is 0 Å². The van der Waals surface area contributed by atoms with E-state index in [-0.39, 0.29) is 34.2 Å². The molecule has 7 heteroatoms. The number of hydrogen-bond donors (Lipinski definition) is 0. The number of carbonyl (C=O) groups is 3. The van der Waals surface area contributed by atoms with Gasteiger partial charge in [-0.3, -0.25) is 14.4 Å². The lowest BCUT2D eigenvalue weighted by Gasteiger charge is -2.67. The summed E-state index contributed by atoms with van der Waals surface area (Å²) in [6, 6.07) is 0. The first-order valence-electron chi connectivity index (χ1n) is 27.3. The van der Waals surface area contributed by atoms with Crippen LogP contribution in [0.15, 0.2) is 0 Å². The molecule has 4 aliphatic rings. The molecule has 4 fully saturated rings. The van der Waals surface area contributed by atoms with Gasteiger partial charge in [0.25, 0.3) is 0 Å². The number of unbranched alkanes of at least 4 members (excludes halogenated alkanes) is 8. The fourth-order valence-corrected chi connectivity index (χ4v) is 13.2. The Morgan fingerprint density at radius 1 is 0.452 bits per heavy atom. The van der Waals surface area contributed by atoms with Crippen molar-refractivity contribution in [1.29, 1.82) is 0 Å². The first-order chi connectivity index (χ1) is 30.1. The largest absolute Gasteiger partial charge is 0.466 e. The molecule has 4 bridgehead atoms. The van der Waals surface area contributed by atoms with E-state index < -0.39 is 0 Å². The summed E-state index contributed by atoms with van der Waals surface area (Å²) in [5.41, 5.74) is 0.868. The van der Waals surface area contributed by atoms with Crippen LogP contribution in [0, 0.1) is 34.0 Å².